The van der Waals surface area contributed by atoms with E-state index >= 15 is 0 Å². The smallest absolute Gasteiger partial charge is 0.0538 e. The molecule has 4 heteroatoms. The molecule has 0 aliphatic rings. The zero-order valence-electron chi connectivity index (χ0n) is 9.44. The molecule has 0 aliphatic carbocycles. The number of nitrogens with two attached hydrogens (primary N) is 1. The second-order valence-electron chi connectivity index (χ2n) is 3.93. The molecule has 80 valence electrons. The highest BCUT2D eigenvalue weighted by molar-refractivity contribution is 5.12. The first-order valence-corrected chi connectivity index (χ1v) is 4.96. The maximum atomic E-state index is 6.08. The van der Waals surface area contributed by atoms with E-state index in [1.54, 1.807) is 0 Å². The monoisotopic (exact) mass is 196 g/mol. The summed E-state index contributed by atoms with van der Waals surface area (Å²) in [6.45, 7) is 2.11. The molecular weight excluding hydrogens is 176 g/mol. The summed E-state index contributed by atoms with van der Waals surface area (Å²) in [4.78, 5) is 2.14. The summed E-state index contributed by atoms with van der Waals surface area (Å²) in [5.74, 6) is 0. The van der Waals surface area contributed by atoms with Crippen LogP contribution in [0.2, 0.25) is 0 Å². The first-order valence-electron chi connectivity index (χ1n) is 4.96. The Morgan fingerprint density at radius 1 is 1.57 bits per heavy atom. The highest BCUT2D eigenvalue weighted by atomic mass is 15.2. The van der Waals surface area contributed by atoms with Crippen LogP contribution in [0, 0.1) is 0 Å². The lowest BCUT2D eigenvalue weighted by Crippen LogP contribution is -2.36. The fraction of sp³-hybridized carbons (Fsp3) is 0.700. The minimum Gasteiger partial charge on any atom is -0.326 e. The van der Waals surface area contributed by atoms with Crippen LogP contribution < -0.4 is 5.73 Å². The molecule has 0 saturated heterocycles. The summed E-state index contributed by atoms with van der Waals surface area (Å²) in [5.41, 5.74) is 7.27. The highest BCUT2D eigenvalue weighted by Gasteiger charge is 2.21. The molecule has 2 atom stereocenters. The van der Waals surface area contributed by atoms with Gasteiger partial charge in [0, 0.05) is 24.8 Å². The number of rotatable bonds is 4. The Morgan fingerprint density at radius 3 is 2.57 bits per heavy atom. The lowest BCUT2D eigenvalue weighted by atomic mass is 10.0. The van der Waals surface area contributed by atoms with Crippen LogP contribution >= 0.6 is 0 Å². The van der Waals surface area contributed by atoms with E-state index in [0.717, 1.165) is 6.42 Å². The minimum atomic E-state index is 0.161. The normalized spacial score (nSPS) is 15.9. The Bertz CT molecular complexity index is 279. The summed E-state index contributed by atoms with van der Waals surface area (Å²) in [6.07, 6.45) is 4.89. The van der Waals surface area contributed by atoms with Gasteiger partial charge in [0.25, 0.3) is 0 Å². The average Bonchev–Trinajstić information content (AvgIpc) is 2.51. The summed E-state index contributed by atoms with van der Waals surface area (Å²) < 4.78 is 1.81. The lowest BCUT2D eigenvalue weighted by molar-refractivity contribution is 0.253. The van der Waals surface area contributed by atoms with E-state index in [4.69, 9.17) is 5.73 Å². The van der Waals surface area contributed by atoms with Crippen LogP contribution in [0.3, 0.4) is 0 Å². The molecule has 1 rings (SSSR count). The molecule has 1 aromatic heterocycles. The number of likely N-dealkylation sites (N-methyl/N-ethyl adjacent to an activating group) is 1. The summed E-state index contributed by atoms with van der Waals surface area (Å²) in [7, 11) is 6.02. The van der Waals surface area contributed by atoms with Crippen molar-refractivity contribution in [3.05, 3.63) is 18.0 Å². The van der Waals surface area contributed by atoms with Gasteiger partial charge in [0.05, 0.1) is 12.2 Å². The average molecular weight is 196 g/mol. The third kappa shape index (κ3) is 2.33. The molecule has 0 aromatic carbocycles. The van der Waals surface area contributed by atoms with Crippen molar-refractivity contribution in [3.8, 4) is 0 Å². The number of aromatic nitrogens is 2. The predicted molar refractivity (Wildman–Crippen MR) is 57.9 cm³/mol. The largest absolute Gasteiger partial charge is 0.326 e. The van der Waals surface area contributed by atoms with Crippen molar-refractivity contribution in [3.63, 3.8) is 0 Å². The van der Waals surface area contributed by atoms with E-state index in [1.165, 1.54) is 5.56 Å². The van der Waals surface area contributed by atoms with Crippen molar-refractivity contribution in [2.75, 3.05) is 14.1 Å². The number of aryl methyl sites for hydroxylation is 1. The maximum absolute atomic E-state index is 6.08. The van der Waals surface area contributed by atoms with Gasteiger partial charge in [-0.05, 0) is 20.5 Å². The van der Waals surface area contributed by atoms with Crippen molar-refractivity contribution in [1.29, 1.82) is 0 Å². The number of nitrogens with zero attached hydrogens (tertiary/aromatic N) is 3. The summed E-state index contributed by atoms with van der Waals surface area (Å²) in [6, 6.07) is 0.419. The lowest BCUT2D eigenvalue weighted by Gasteiger charge is -2.28. The highest BCUT2D eigenvalue weighted by Crippen LogP contribution is 2.21. The molecule has 2 unspecified atom stereocenters. The first kappa shape index (κ1) is 11.2. The van der Waals surface area contributed by atoms with Crippen LogP contribution in [0.4, 0.5) is 0 Å². The van der Waals surface area contributed by atoms with Gasteiger partial charge in [0.2, 0.25) is 0 Å². The Hall–Kier alpha value is -0.870. The molecule has 1 aromatic rings. The van der Waals surface area contributed by atoms with E-state index in [9.17, 15) is 0 Å². The molecule has 4 nitrogen and oxygen atoms in total. The Kier molecular flexibility index (Phi) is 3.66. The van der Waals surface area contributed by atoms with Crippen molar-refractivity contribution in [2.24, 2.45) is 12.8 Å². The van der Waals surface area contributed by atoms with E-state index in [1.807, 2.05) is 38.2 Å². The van der Waals surface area contributed by atoms with Crippen LogP contribution in [-0.2, 0) is 7.05 Å². The van der Waals surface area contributed by atoms with Gasteiger partial charge in [-0.25, -0.2) is 0 Å². The van der Waals surface area contributed by atoms with Gasteiger partial charge in [0.15, 0.2) is 0 Å². The third-order valence-corrected chi connectivity index (χ3v) is 2.50. The molecular formula is C10H20N4. The minimum absolute atomic E-state index is 0.161. The second kappa shape index (κ2) is 4.57. The molecule has 1 heterocycles. The fourth-order valence-electron chi connectivity index (χ4n) is 1.74. The van der Waals surface area contributed by atoms with E-state index in [2.05, 4.69) is 16.9 Å². The van der Waals surface area contributed by atoms with Crippen molar-refractivity contribution in [2.45, 2.75) is 25.4 Å². The van der Waals surface area contributed by atoms with E-state index < -0.39 is 0 Å². The van der Waals surface area contributed by atoms with Gasteiger partial charge in [0.1, 0.15) is 0 Å². The molecule has 0 spiro atoms. The van der Waals surface area contributed by atoms with Crippen molar-refractivity contribution < 1.29 is 0 Å². The second-order valence-corrected chi connectivity index (χ2v) is 3.93. The molecule has 0 radical (unpaired) electrons. The van der Waals surface area contributed by atoms with Crippen LogP contribution in [-0.4, -0.2) is 34.8 Å². The topological polar surface area (TPSA) is 47.1 Å². The fourth-order valence-corrected chi connectivity index (χ4v) is 1.74. The molecule has 0 amide bonds. The van der Waals surface area contributed by atoms with Crippen molar-refractivity contribution in [1.82, 2.24) is 14.7 Å². The molecule has 0 fully saturated rings. The quantitative estimate of drug-likeness (QED) is 0.773. The number of hydrogen-bond donors (Lipinski definition) is 1. The van der Waals surface area contributed by atoms with Crippen LogP contribution in [0.15, 0.2) is 12.4 Å². The van der Waals surface area contributed by atoms with Gasteiger partial charge in [-0.3, -0.25) is 4.68 Å². The van der Waals surface area contributed by atoms with Crippen LogP contribution in [0.1, 0.15) is 24.9 Å². The SMILES string of the molecule is CCC(N)C(c1cnn(C)c1)N(C)C. The van der Waals surface area contributed by atoms with E-state index in [-0.39, 0.29) is 12.1 Å². The van der Waals surface area contributed by atoms with Crippen LogP contribution in [0.5, 0.6) is 0 Å². The van der Waals surface area contributed by atoms with Gasteiger partial charge >= 0.3 is 0 Å². The third-order valence-electron chi connectivity index (χ3n) is 2.50. The Labute approximate surface area is 85.7 Å². The van der Waals surface area contributed by atoms with Crippen molar-refractivity contribution >= 4 is 0 Å². The Morgan fingerprint density at radius 2 is 2.21 bits per heavy atom. The molecule has 0 bridgehead atoms. The standard InChI is InChI=1S/C10H20N4/c1-5-9(11)10(13(2)3)8-6-12-14(4)7-8/h6-7,9-10H,5,11H2,1-4H3. The van der Waals surface area contributed by atoms with Gasteiger partial charge < -0.3 is 10.6 Å². The predicted octanol–water partition coefficient (Wildman–Crippen LogP) is 0.760. The van der Waals surface area contributed by atoms with Gasteiger partial charge in [-0.2, -0.15) is 5.10 Å². The van der Waals surface area contributed by atoms with E-state index in [0.29, 0.717) is 0 Å². The summed E-state index contributed by atoms with van der Waals surface area (Å²) >= 11 is 0. The zero-order valence-corrected chi connectivity index (χ0v) is 9.44. The van der Waals surface area contributed by atoms with Gasteiger partial charge in [-0.1, -0.05) is 6.92 Å². The number of hydrogen-bond acceptors (Lipinski definition) is 3. The van der Waals surface area contributed by atoms with Crippen LogP contribution in [0.25, 0.3) is 0 Å². The molecule has 0 saturated carbocycles. The Balaban J connectivity index is 2.88. The van der Waals surface area contributed by atoms with Gasteiger partial charge in [-0.15, -0.1) is 0 Å². The molecule has 14 heavy (non-hydrogen) atoms. The first-order chi connectivity index (χ1) is 6.56. The molecule has 0 aliphatic heterocycles. The summed E-state index contributed by atoms with van der Waals surface area (Å²) in [5, 5.41) is 4.17. The maximum Gasteiger partial charge on any atom is 0.0538 e. The zero-order chi connectivity index (χ0) is 10.7. The molecule has 2 N–H and O–H groups in total.